The summed E-state index contributed by atoms with van der Waals surface area (Å²) in [5, 5.41) is 4.08. The molecule has 0 saturated heterocycles. The summed E-state index contributed by atoms with van der Waals surface area (Å²) in [7, 11) is 0. The van der Waals surface area contributed by atoms with E-state index in [1.807, 2.05) is 0 Å². The van der Waals surface area contributed by atoms with Crippen molar-refractivity contribution in [2.45, 2.75) is 25.2 Å². The van der Waals surface area contributed by atoms with Crippen LogP contribution in [0.1, 0.15) is 18.3 Å². The van der Waals surface area contributed by atoms with Crippen molar-refractivity contribution in [1.29, 1.82) is 0 Å². The summed E-state index contributed by atoms with van der Waals surface area (Å²) >= 11 is 11.5. The van der Waals surface area contributed by atoms with Gasteiger partial charge in [-0.05, 0) is 19.1 Å². The number of hydrogen-bond acceptors (Lipinski definition) is 3. The highest BCUT2D eigenvalue weighted by Gasteiger charge is 2.62. The topological polar surface area (TPSA) is 42.7 Å². The van der Waals surface area contributed by atoms with Gasteiger partial charge in [-0.25, -0.2) is 0 Å². The third kappa shape index (κ3) is 4.05. The number of benzene rings is 1. The third-order valence-electron chi connectivity index (χ3n) is 3.13. The highest BCUT2D eigenvalue weighted by molar-refractivity contribution is 6.37. The third-order valence-corrected chi connectivity index (χ3v) is 3.71. The van der Waals surface area contributed by atoms with Crippen molar-refractivity contribution in [2.24, 2.45) is 0 Å². The molecule has 2 rings (SSSR count). The smallest absolute Gasteiger partial charge is 0.354 e. The van der Waals surface area contributed by atoms with Crippen molar-refractivity contribution in [3.8, 4) is 5.69 Å². The Labute approximate surface area is 156 Å². The molecule has 27 heavy (non-hydrogen) atoms. The van der Waals surface area contributed by atoms with Crippen LogP contribution in [0.15, 0.2) is 12.1 Å². The van der Waals surface area contributed by atoms with E-state index in [0.717, 1.165) is 0 Å². The average molecular weight is 443 g/mol. The van der Waals surface area contributed by atoms with E-state index in [1.54, 1.807) is 0 Å². The SMILES string of the molecule is CCNc1nc(C(F)(F)C(F)(F)F)nn1-c1c(Cl)cc(C(F)(F)F)cc1Cl. The molecule has 1 aromatic heterocycles. The van der Waals surface area contributed by atoms with E-state index in [2.05, 4.69) is 15.4 Å². The zero-order valence-corrected chi connectivity index (χ0v) is 14.5. The predicted molar refractivity (Wildman–Crippen MR) is 80.5 cm³/mol. The van der Waals surface area contributed by atoms with E-state index >= 15 is 0 Å². The zero-order chi connectivity index (χ0) is 20.8. The van der Waals surface area contributed by atoms with Crippen molar-refractivity contribution in [3.63, 3.8) is 0 Å². The molecule has 0 bridgehead atoms. The summed E-state index contributed by atoms with van der Waals surface area (Å²) in [6, 6.07) is 0.865. The zero-order valence-electron chi connectivity index (χ0n) is 13.0. The van der Waals surface area contributed by atoms with Crippen molar-refractivity contribution in [3.05, 3.63) is 33.6 Å². The van der Waals surface area contributed by atoms with Gasteiger partial charge in [-0.2, -0.15) is 44.8 Å². The normalized spacial score (nSPS) is 13.1. The second-order valence-electron chi connectivity index (χ2n) is 5.06. The number of rotatable bonds is 4. The molecule has 0 aliphatic carbocycles. The summed E-state index contributed by atoms with van der Waals surface area (Å²) in [4.78, 5) is 3.10. The Morgan fingerprint density at radius 2 is 1.52 bits per heavy atom. The molecule has 0 atom stereocenters. The first-order valence-electron chi connectivity index (χ1n) is 6.92. The minimum absolute atomic E-state index is 0.0194. The first kappa shape index (κ1) is 21.5. The van der Waals surface area contributed by atoms with E-state index in [4.69, 9.17) is 23.2 Å². The van der Waals surface area contributed by atoms with Gasteiger partial charge in [0.05, 0.1) is 15.6 Å². The van der Waals surface area contributed by atoms with Crippen LogP contribution in [0.4, 0.5) is 41.1 Å². The number of aromatic nitrogens is 3. The molecule has 1 aromatic carbocycles. The van der Waals surface area contributed by atoms with Crippen LogP contribution in [0, 0.1) is 0 Å². The fourth-order valence-corrected chi connectivity index (χ4v) is 2.58. The van der Waals surface area contributed by atoms with Crippen molar-refractivity contribution < 1.29 is 35.1 Å². The minimum Gasteiger partial charge on any atom is -0.354 e. The lowest BCUT2D eigenvalue weighted by Crippen LogP contribution is -2.35. The van der Waals surface area contributed by atoms with Crippen LogP contribution in [0.2, 0.25) is 10.0 Å². The van der Waals surface area contributed by atoms with E-state index < -0.39 is 51.3 Å². The lowest BCUT2D eigenvalue weighted by atomic mass is 10.2. The van der Waals surface area contributed by atoms with E-state index in [-0.39, 0.29) is 6.54 Å². The Hall–Kier alpha value is -1.82. The Kier molecular flexibility index (Phi) is 5.54. The molecule has 4 nitrogen and oxygen atoms in total. The standard InChI is InChI=1S/C13H8Cl2F8N4/c1-2-24-10-25-9(11(16,17)13(21,22)23)26-27(10)8-6(14)3-5(4-7(8)15)12(18,19)20/h3-4H,2H2,1H3,(H,24,25,26). The molecule has 1 N–H and O–H groups in total. The van der Waals surface area contributed by atoms with Gasteiger partial charge in [-0.1, -0.05) is 23.2 Å². The van der Waals surface area contributed by atoms with Crippen LogP contribution < -0.4 is 5.32 Å². The molecule has 150 valence electrons. The fourth-order valence-electron chi connectivity index (χ4n) is 1.93. The first-order chi connectivity index (χ1) is 12.2. The minimum atomic E-state index is -5.99. The maximum Gasteiger partial charge on any atom is 0.461 e. The molecule has 0 unspecified atom stereocenters. The number of anilines is 1. The van der Waals surface area contributed by atoms with Crippen molar-refractivity contribution >= 4 is 29.2 Å². The Balaban J connectivity index is 2.69. The van der Waals surface area contributed by atoms with E-state index in [1.165, 1.54) is 6.92 Å². The van der Waals surface area contributed by atoms with Gasteiger partial charge in [0, 0.05) is 6.54 Å². The molecule has 0 aliphatic rings. The quantitative estimate of drug-likeness (QED) is 0.619. The second-order valence-corrected chi connectivity index (χ2v) is 5.87. The van der Waals surface area contributed by atoms with Crippen LogP contribution >= 0.6 is 23.2 Å². The van der Waals surface area contributed by atoms with Crippen molar-refractivity contribution in [2.75, 3.05) is 11.9 Å². The molecule has 0 aliphatic heterocycles. The second kappa shape index (κ2) is 6.97. The maximum atomic E-state index is 13.5. The summed E-state index contributed by atoms with van der Waals surface area (Å²) in [6.45, 7) is 1.49. The number of alkyl halides is 8. The van der Waals surface area contributed by atoms with Crippen LogP contribution in [0.5, 0.6) is 0 Å². The van der Waals surface area contributed by atoms with Gasteiger partial charge in [-0.3, -0.25) is 0 Å². The summed E-state index contributed by atoms with van der Waals surface area (Å²) < 4.78 is 103. The number of nitrogens with zero attached hydrogens (tertiary/aromatic N) is 3. The summed E-state index contributed by atoms with van der Waals surface area (Å²) in [5.41, 5.74) is -1.79. The molecule has 0 fully saturated rings. The van der Waals surface area contributed by atoms with Crippen molar-refractivity contribution in [1.82, 2.24) is 14.8 Å². The van der Waals surface area contributed by atoms with Gasteiger partial charge in [0.2, 0.25) is 11.8 Å². The molecule has 1 heterocycles. The molecule has 0 saturated carbocycles. The Morgan fingerprint density at radius 1 is 1.00 bits per heavy atom. The molecule has 0 spiro atoms. The van der Waals surface area contributed by atoms with Crippen LogP contribution in [0.25, 0.3) is 5.69 Å². The fraction of sp³-hybridized carbons (Fsp3) is 0.385. The van der Waals surface area contributed by atoms with Crippen LogP contribution in [0.3, 0.4) is 0 Å². The average Bonchev–Trinajstić information content (AvgIpc) is 2.89. The highest BCUT2D eigenvalue weighted by Crippen LogP contribution is 2.44. The maximum absolute atomic E-state index is 13.5. The highest BCUT2D eigenvalue weighted by atomic mass is 35.5. The lowest BCUT2D eigenvalue weighted by molar-refractivity contribution is -0.292. The summed E-state index contributed by atoms with van der Waals surface area (Å²) in [6.07, 6.45) is -10.8. The largest absolute Gasteiger partial charge is 0.461 e. The first-order valence-corrected chi connectivity index (χ1v) is 7.68. The van der Waals surface area contributed by atoms with Gasteiger partial charge in [0.25, 0.3) is 0 Å². The van der Waals surface area contributed by atoms with Crippen LogP contribution in [-0.4, -0.2) is 27.5 Å². The van der Waals surface area contributed by atoms with Gasteiger partial charge < -0.3 is 5.32 Å². The number of halogens is 10. The van der Waals surface area contributed by atoms with E-state index in [0.29, 0.717) is 16.8 Å². The predicted octanol–water partition coefficient (Wildman–Crippen LogP) is 5.68. The summed E-state index contributed by atoms with van der Waals surface area (Å²) in [5.74, 6) is -7.94. The molecular formula is C13H8Cl2F8N4. The van der Waals surface area contributed by atoms with E-state index in [9.17, 15) is 35.1 Å². The Bertz CT molecular complexity index is 821. The molecule has 2 aromatic rings. The monoisotopic (exact) mass is 442 g/mol. The van der Waals surface area contributed by atoms with Crippen LogP contribution in [-0.2, 0) is 12.1 Å². The van der Waals surface area contributed by atoms with Gasteiger partial charge in [-0.15, -0.1) is 5.10 Å². The molecular weight excluding hydrogens is 435 g/mol. The molecule has 14 heteroatoms. The molecule has 0 amide bonds. The number of hydrogen-bond donors (Lipinski definition) is 1. The van der Waals surface area contributed by atoms with Gasteiger partial charge in [0.1, 0.15) is 5.69 Å². The lowest BCUT2D eigenvalue weighted by Gasteiger charge is -2.16. The number of nitrogens with one attached hydrogen (secondary N) is 1. The van der Waals surface area contributed by atoms with Gasteiger partial charge in [0.15, 0.2) is 0 Å². The Morgan fingerprint density at radius 3 is 1.93 bits per heavy atom. The molecule has 0 radical (unpaired) electrons. The van der Waals surface area contributed by atoms with Gasteiger partial charge >= 0.3 is 18.3 Å².